The maximum absolute atomic E-state index is 12.1. The molecule has 140 valence electrons. The molecule has 6 N–H and O–H groups in total. The number of nitrogens with one attached hydrogen (secondary N) is 1. The van der Waals surface area contributed by atoms with Crippen LogP contribution in [0.2, 0.25) is 0 Å². The zero-order valence-corrected chi connectivity index (χ0v) is 16.0. The van der Waals surface area contributed by atoms with Crippen molar-refractivity contribution in [1.82, 2.24) is 0 Å². The molecule has 0 atom stereocenters. The van der Waals surface area contributed by atoms with E-state index in [1.54, 1.807) is 24.3 Å². The van der Waals surface area contributed by atoms with E-state index in [1.807, 2.05) is 13.8 Å². The topological polar surface area (TPSA) is 136 Å². The maximum Gasteiger partial charge on any atom is 0.335 e. The number of carbonyl (C=O) groups is 1. The number of carboxylic acids is 1. The number of hydrogen-bond donors (Lipinski definition) is 4. The van der Waals surface area contributed by atoms with E-state index < -0.39 is 16.0 Å². The van der Waals surface area contributed by atoms with E-state index in [0.29, 0.717) is 22.8 Å². The lowest BCUT2D eigenvalue weighted by Crippen LogP contribution is -2.17. The first-order chi connectivity index (χ1) is 12.1. The lowest BCUT2D eigenvalue weighted by molar-refractivity contribution is 0.0696. The van der Waals surface area contributed by atoms with Gasteiger partial charge in [-0.3, -0.25) is 0 Å². The van der Waals surface area contributed by atoms with Gasteiger partial charge in [0.1, 0.15) is 0 Å². The highest BCUT2D eigenvalue weighted by Gasteiger charge is 2.22. The fourth-order valence-corrected chi connectivity index (χ4v) is 4.18. The Morgan fingerprint density at radius 2 is 1.85 bits per heavy atom. The van der Waals surface area contributed by atoms with Crippen molar-refractivity contribution < 1.29 is 18.3 Å². The molecule has 0 radical (unpaired) electrons. The average Bonchev–Trinajstić information content (AvgIpc) is 2.54. The van der Waals surface area contributed by atoms with Crippen LogP contribution in [0.1, 0.15) is 24.2 Å². The molecule has 2 aromatic rings. The Bertz CT molecular complexity index is 910. The zero-order chi connectivity index (χ0) is 19.5. The van der Waals surface area contributed by atoms with Gasteiger partial charge in [-0.15, -0.1) is 0 Å². The molecule has 0 amide bonds. The number of nitrogens with two attached hydrogens (primary N) is 2. The van der Waals surface area contributed by atoms with E-state index in [-0.39, 0.29) is 16.4 Å². The lowest BCUT2D eigenvalue weighted by atomic mass is 10.1. The second-order valence-corrected chi connectivity index (χ2v) is 8.76. The molecule has 0 bridgehead atoms. The fourth-order valence-electron chi connectivity index (χ4n) is 2.14. The summed E-state index contributed by atoms with van der Waals surface area (Å²) in [4.78, 5) is 12.3. The Balaban J connectivity index is 2.62. The number of anilines is 2. The van der Waals surface area contributed by atoms with Crippen LogP contribution in [-0.4, -0.2) is 26.0 Å². The van der Waals surface area contributed by atoms with E-state index >= 15 is 0 Å². The molecule has 0 spiro atoms. The van der Waals surface area contributed by atoms with Crippen LogP contribution in [0.4, 0.5) is 11.4 Å². The number of nitrogen functional groups attached to an aromatic ring is 1. The Morgan fingerprint density at radius 1 is 1.23 bits per heavy atom. The van der Waals surface area contributed by atoms with Crippen molar-refractivity contribution in [3.8, 4) is 0 Å². The van der Waals surface area contributed by atoms with Gasteiger partial charge in [-0.05, 0) is 42.3 Å². The van der Waals surface area contributed by atoms with Gasteiger partial charge in [-0.25, -0.2) is 18.4 Å². The highest BCUT2D eigenvalue weighted by molar-refractivity contribution is 8.00. The van der Waals surface area contributed by atoms with Crippen LogP contribution >= 0.6 is 11.8 Å². The van der Waals surface area contributed by atoms with Crippen molar-refractivity contribution >= 4 is 39.1 Å². The van der Waals surface area contributed by atoms with Gasteiger partial charge in [0.25, 0.3) is 0 Å². The fraction of sp³-hybridized carbons (Fsp3) is 0.235. The Kier molecular flexibility index (Phi) is 6.17. The Morgan fingerprint density at radius 3 is 2.35 bits per heavy atom. The third kappa shape index (κ3) is 5.13. The molecule has 0 saturated carbocycles. The third-order valence-corrected chi connectivity index (χ3v) is 5.63. The summed E-state index contributed by atoms with van der Waals surface area (Å²) in [6, 6.07) is 9.41. The number of primary sulfonamides is 1. The number of sulfonamides is 1. The third-order valence-electron chi connectivity index (χ3n) is 3.41. The molecule has 0 aliphatic rings. The molecular weight excluding hydrogens is 374 g/mol. The van der Waals surface area contributed by atoms with Crippen LogP contribution in [0.3, 0.4) is 0 Å². The normalized spacial score (nSPS) is 11.5. The molecule has 2 aromatic carbocycles. The summed E-state index contributed by atoms with van der Waals surface area (Å²) >= 11 is 1.18. The van der Waals surface area contributed by atoms with E-state index in [4.69, 9.17) is 10.9 Å². The van der Waals surface area contributed by atoms with Gasteiger partial charge in [0.05, 0.1) is 21.0 Å². The summed E-state index contributed by atoms with van der Waals surface area (Å²) in [5.74, 6) is -0.956. The molecule has 2 rings (SSSR count). The quantitative estimate of drug-likeness (QED) is 0.529. The first kappa shape index (κ1) is 20.1. The number of rotatable bonds is 7. The van der Waals surface area contributed by atoms with Gasteiger partial charge in [0.2, 0.25) is 10.0 Å². The predicted molar refractivity (Wildman–Crippen MR) is 103 cm³/mol. The van der Waals surface area contributed by atoms with Crippen molar-refractivity contribution in [3.63, 3.8) is 0 Å². The maximum atomic E-state index is 12.1. The molecular formula is C17H21N3O4S2. The number of benzene rings is 2. The van der Waals surface area contributed by atoms with Crippen molar-refractivity contribution in [2.45, 2.75) is 28.5 Å². The summed E-state index contributed by atoms with van der Waals surface area (Å²) in [6.45, 7) is 4.52. The molecule has 0 aliphatic carbocycles. The van der Waals surface area contributed by atoms with Gasteiger partial charge in [-0.1, -0.05) is 25.6 Å². The number of aromatic carboxylic acids is 1. The van der Waals surface area contributed by atoms with Crippen LogP contribution in [0.25, 0.3) is 0 Å². The van der Waals surface area contributed by atoms with E-state index in [9.17, 15) is 18.3 Å². The molecule has 0 fully saturated rings. The SMILES string of the molecule is CC(C)CNc1cc(C(=O)O)cc(S(N)(=O)=O)c1Sc1ccc(N)cc1. The van der Waals surface area contributed by atoms with Crippen LogP contribution in [0, 0.1) is 5.92 Å². The van der Waals surface area contributed by atoms with E-state index in [0.717, 1.165) is 11.0 Å². The van der Waals surface area contributed by atoms with Crippen LogP contribution in [0.5, 0.6) is 0 Å². The molecule has 0 aromatic heterocycles. The minimum Gasteiger partial charge on any atom is -0.478 e. The minimum absolute atomic E-state index is 0.151. The summed E-state index contributed by atoms with van der Waals surface area (Å²) < 4.78 is 24.2. The summed E-state index contributed by atoms with van der Waals surface area (Å²) in [6.07, 6.45) is 0. The molecule has 7 nitrogen and oxygen atoms in total. The smallest absolute Gasteiger partial charge is 0.335 e. The monoisotopic (exact) mass is 395 g/mol. The Hall–Kier alpha value is -2.23. The van der Waals surface area contributed by atoms with Gasteiger partial charge < -0.3 is 16.2 Å². The summed E-state index contributed by atoms with van der Waals surface area (Å²) in [5, 5.41) is 17.8. The van der Waals surface area contributed by atoms with Crippen molar-refractivity contribution in [2.75, 3.05) is 17.6 Å². The average molecular weight is 396 g/mol. The van der Waals surface area contributed by atoms with Crippen molar-refractivity contribution in [1.29, 1.82) is 0 Å². The highest BCUT2D eigenvalue weighted by atomic mass is 32.2. The molecule has 0 unspecified atom stereocenters. The second-order valence-electron chi connectivity index (χ2n) is 6.15. The molecule has 0 heterocycles. The molecule has 0 saturated heterocycles. The highest BCUT2D eigenvalue weighted by Crippen LogP contribution is 2.39. The van der Waals surface area contributed by atoms with Gasteiger partial charge in [-0.2, -0.15) is 0 Å². The standard InChI is InChI=1S/C17H21N3O4S2/c1-10(2)9-20-14-7-11(17(21)22)8-15(26(19,23)24)16(14)25-13-5-3-12(18)4-6-13/h3-8,10,20H,9,18H2,1-2H3,(H,21,22)(H2,19,23,24). The van der Waals surface area contributed by atoms with E-state index in [1.165, 1.54) is 17.8 Å². The van der Waals surface area contributed by atoms with Crippen molar-refractivity contribution in [2.24, 2.45) is 11.1 Å². The van der Waals surface area contributed by atoms with E-state index in [2.05, 4.69) is 5.32 Å². The summed E-state index contributed by atoms with van der Waals surface area (Å²) in [5.41, 5.74) is 6.52. The van der Waals surface area contributed by atoms with Gasteiger partial charge >= 0.3 is 5.97 Å². The first-order valence-electron chi connectivity index (χ1n) is 7.79. The van der Waals surface area contributed by atoms with Crippen molar-refractivity contribution in [3.05, 3.63) is 42.0 Å². The Labute approximate surface area is 156 Å². The zero-order valence-electron chi connectivity index (χ0n) is 14.4. The first-order valence-corrected chi connectivity index (χ1v) is 10.2. The second kappa shape index (κ2) is 7.98. The number of carboxylic acid groups (broad SMARTS) is 1. The molecule has 26 heavy (non-hydrogen) atoms. The molecule has 0 aliphatic heterocycles. The van der Waals surface area contributed by atoms with Gasteiger partial charge in [0.15, 0.2) is 0 Å². The van der Waals surface area contributed by atoms with Gasteiger partial charge in [0, 0.05) is 17.1 Å². The lowest BCUT2D eigenvalue weighted by Gasteiger charge is -2.17. The van der Waals surface area contributed by atoms with Crippen LogP contribution < -0.4 is 16.2 Å². The number of hydrogen-bond acceptors (Lipinski definition) is 6. The van der Waals surface area contributed by atoms with Crippen LogP contribution in [-0.2, 0) is 10.0 Å². The largest absolute Gasteiger partial charge is 0.478 e. The summed E-state index contributed by atoms with van der Waals surface area (Å²) in [7, 11) is -4.13. The minimum atomic E-state index is -4.13. The molecule has 9 heteroatoms. The van der Waals surface area contributed by atoms with Crippen LogP contribution in [0.15, 0.2) is 51.1 Å². The predicted octanol–water partition coefficient (Wildman–Crippen LogP) is 2.83.